The van der Waals surface area contributed by atoms with Crippen LogP contribution in [0.2, 0.25) is 10.0 Å². The largest absolute Gasteiger partial charge is 0.481 e. The maximum Gasteiger partial charge on any atom is 0.392 e. The lowest BCUT2D eigenvalue weighted by Crippen LogP contribution is -2.37. The highest BCUT2D eigenvalue weighted by atomic mass is 35.5. The molecule has 0 aliphatic heterocycles. The summed E-state index contributed by atoms with van der Waals surface area (Å²) >= 11 is 12.1. The number of carbonyl (C=O) groups is 2. The van der Waals surface area contributed by atoms with E-state index in [1.807, 2.05) is 0 Å². The normalized spacial score (nSPS) is 17.2. The highest BCUT2D eigenvalue weighted by Gasteiger charge is 2.45. The molecule has 1 amide bonds. The van der Waals surface area contributed by atoms with Gasteiger partial charge in [0.05, 0.1) is 29.0 Å². The van der Waals surface area contributed by atoms with Crippen LogP contribution in [0, 0.1) is 5.92 Å². The zero-order chi connectivity index (χ0) is 23.7. The summed E-state index contributed by atoms with van der Waals surface area (Å²) in [6.45, 7) is 0.951. The molecule has 1 aliphatic carbocycles. The molecule has 4 nitrogen and oxygen atoms in total. The maximum atomic E-state index is 13.6. The zero-order valence-corrected chi connectivity index (χ0v) is 18.7. The van der Waals surface area contributed by atoms with Crippen LogP contribution >= 0.6 is 23.2 Å². The van der Waals surface area contributed by atoms with E-state index in [0.29, 0.717) is 23.4 Å². The van der Waals surface area contributed by atoms with E-state index in [-0.39, 0.29) is 22.7 Å². The second-order valence-corrected chi connectivity index (χ2v) is 9.09. The molecule has 0 heterocycles. The molecule has 0 aromatic heterocycles. The quantitative estimate of drug-likeness (QED) is 0.450. The lowest BCUT2D eigenvalue weighted by Gasteiger charge is -2.41. The minimum atomic E-state index is -4.61. The van der Waals surface area contributed by atoms with E-state index in [1.165, 1.54) is 30.3 Å². The lowest BCUT2D eigenvalue weighted by molar-refractivity contribution is -0.178. The van der Waals surface area contributed by atoms with Crippen LogP contribution in [0.1, 0.15) is 49.7 Å². The molecule has 0 bridgehead atoms. The average molecular weight is 488 g/mol. The Morgan fingerprint density at radius 2 is 1.75 bits per heavy atom. The van der Waals surface area contributed by atoms with Gasteiger partial charge in [0.15, 0.2) is 0 Å². The van der Waals surface area contributed by atoms with E-state index in [4.69, 9.17) is 23.2 Å². The van der Waals surface area contributed by atoms with Crippen molar-refractivity contribution in [2.45, 2.75) is 50.1 Å². The fraction of sp³-hybridized carbons (Fsp3) is 0.391. The first-order valence-corrected chi connectivity index (χ1v) is 10.8. The van der Waals surface area contributed by atoms with Crippen molar-refractivity contribution in [3.63, 3.8) is 0 Å². The number of halogens is 5. The zero-order valence-electron chi connectivity index (χ0n) is 17.2. The van der Waals surface area contributed by atoms with Crippen molar-refractivity contribution in [2.75, 3.05) is 5.32 Å². The molecule has 2 atom stereocenters. The van der Waals surface area contributed by atoms with Crippen molar-refractivity contribution in [3.05, 3.63) is 63.6 Å². The van der Waals surface area contributed by atoms with Gasteiger partial charge in [-0.3, -0.25) is 9.59 Å². The Morgan fingerprint density at radius 1 is 1.12 bits per heavy atom. The first-order valence-electron chi connectivity index (χ1n) is 10.1. The Morgan fingerprint density at radius 3 is 2.25 bits per heavy atom. The predicted octanol–water partition coefficient (Wildman–Crippen LogP) is 6.81. The number of carbonyl (C=O) groups excluding carboxylic acids is 1. The number of nitrogens with one attached hydrogen (secondary N) is 1. The number of carboxylic acid groups (broad SMARTS) is 1. The summed E-state index contributed by atoms with van der Waals surface area (Å²) in [7, 11) is 0. The van der Waals surface area contributed by atoms with Gasteiger partial charge in [0.2, 0.25) is 5.91 Å². The summed E-state index contributed by atoms with van der Waals surface area (Å²) in [6, 6.07) is 10.4. The fourth-order valence-electron chi connectivity index (χ4n) is 4.15. The van der Waals surface area contributed by atoms with Crippen LogP contribution in [0.5, 0.6) is 0 Å². The molecule has 9 heteroatoms. The Bertz CT molecular complexity index is 1000. The van der Waals surface area contributed by atoms with Gasteiger partial charge in [0.1, 0.15) is 0 Å². The summed E-state index contributed by atoms with van der Waals surface area (Å²) in [5, 5.41) is 12.3. The maximum absolute atomic E-state index is 13.6. The molecule has 0 saturated heterocycles. The summed E-state index contributed by atoms with van der Waals surface area (Å²) < 4.78 is 40.7. The Hall–Kier alpha value is -2.25. The van der Waals surface area contributed by atoms with E-state index >= 15 is 0 Å². The van der Waals surface area contributed by atoms with Crippen LogP contribution in [0.15, 0.2) is 42.5 Å². The molecule has 2 aromatic rings. The number of benzene rings is 2. The van der Waals surface area contributed by atoms with E-state index in [0.717, 1.165) is 13.3 Å². The number of carboxylic acids is 1. The monoisotopic (exact) mass is 487 g/mol. The summed E-state index contributed by atoms with van der Waals surface area (Å²) in [6.07, 6.45) is -2.45. The number of hydrogen-bond donors (Lipinski definition) is 2. The number of hydrogen-bond acceptors (Lipinski definition) is 2. The van der Waals surface area contributed by atoms with Crippen LogP contribution in [0.3, 0.4) is 0 Å². The van der Waals surface area contributed by atoms with Crippen LogP contribution in [-0.2, 0) is 15.0 Å². The van der Waals surface area contributed by atoms with Crippen LogP contribution in [0.25, 0.3) is 0 Å². The van der Waals surface area contributed by atoms with Gasteiger partial charge < -0.3 is 10.4 Å². The van der Waals surface area contributed by atoms with Crippen molar-refractivity contribution >= 4 is 40.8 Å². The molecular weight excluding hydrogens is 466 g/mol. The number of rotatable bonds is 7. The van der Waals surface area contributed by atoms with Gasteiger partial charge in [-0.2, -0.15) is 13.2 Å². The van der Waals surface area contributed by atoms with E-state index in [9.17, 15) is 27.9 Å². The van der Waals surface area contributed by atoms with Gasteiger partial charge in [-0.05, 0) is 48.2 Å². The van der Waals surface area contributed by atoms with Gasteiger partial charge in [0, 0.05) is 10.4 Å². The van der Waals surface area contributed by atoms with E-state index < -0.39 is 35.3 Å². The molecule has 1 saturated carbocycles. The Labute approximate surface area is 193 Å². The fourth-order valence-corrected chi connectivity index (χ4v) is 4.44. The van der Waals surface area contributed by atoms with Crippen molar-refractivity contribution < 1.29 is 27.9 Å². The number of amides is 1. The summed E-state index contributed by atoms with van der Waals surface area (Å²) in [5.74, 6) is -5.29. The second-order valence-electron chi connectivity index (χ2n) is 8.25. The summed E-state index contributed by atoms with van der Waals surface area (Å²) in [5.41, 5.74) is 0.451. The number of aliphatic carboxylic acids is 1. The molecule has 2 N–H and O–H groups in total. The van der Waals surface area contributed by atoms with Gasteiger partial charge in [-0.1, -0.05) is 54.7 Å². The van der Waals surface area contributed by atoms with Crippen LogP contribution in [0.4, 0.5) is 18.9 Å². The van der Waals surface area contributed by atoms with Gasteiger partial charge in [-0.15, -0.1) is 0 Å². The lowest BCUT2D eigenvalue weighted by atomic mass is 9.62. The van der Waals surface area contributed by atoms with E-state index in [2.05, 4.69) is 5.32 Å². The predicted molar refractivity (Wildman–Crippen MR) is 117 cm³/mol. The third kappa shape index (κ3) is 5.21. The Balaban J connectivity index is 1.94. The number of alkyl halides is 3. The highest BCUT2D eigenvalue weighted by molar-refractivity contribution is 6.33. The molecule has 2 aromatic carbocycles. The number of anilines is 1. The molecule has 1 aliphatic rings. The van der Waals surface area contributed by atoms with Crippen molar-refractivity contribution in [1.29, 1.82) is 0 Å². The molecule has 3 rings (SSSR count). The standard InChI is InChI=1S/C23H22Cl2F3NO3/c1-13(23(26,27)28)20(14-3-6-16(24)7-4-14)21(32)29-18-11-15(5-8-17(18)25)22(9-2-10-22)12-19(30)31/h3-8,11,13,20H,2,9-10,12H2,1H3,(H,29,32)(H,30,31)/t13-,20?/m1/s1. The molecule has 0 radical (unpaired) electrons. The molecule has 32 heavy (non-hydrogen) atoms. The second kappa shape index (κ2) is 9.32. The molecule has 1 fully saturated rings. The molecule has 172 valence electrons. The van der Waals surface area contributed by atoms with Crippen molar-refractivity contribution in [1.82, 2.24) is 0 Å². The minimum absolute atomic E-state index is 0.0689. The summed E-state index contributed by atoms with van der Waals surface area (Å²) in [4.78, 5) is 24.4. The van der Waals surface area contributed by atoms with Gasteiger partial charge in [-0.25, -0.2) is 0 Å². The highest BCUT2D eigenvalue weighted by Crippen LogP contribution is 2.48. The average Bonchev–Trinajstić information content (AvgIpc) is 2.67. The molecular formula is C23H22Cl2F3NO3. The van der Waals surface area contributed by atoms with Gasteiger partial charge in [0.25, 0.3) is 0 Å². The Kier molecular flexibility index (Phi) is 7.10. The minimum Gasteiger partial charge on any atom is -0.481 e. The molecule has 0 spiro atoms. The topological polar surface area (TPSA) is 66.4 Å². The van der Waals surface area contributed by atoms with Crippen molar-refractivity contribution in [3.8, 4) is 0 Å². The van der Waals surface area contributed by atoms with Crippen LogP contribution < -0.4 is 5.32 Å². The van der Waals surface area contributed by atoms with Crippen LogP contribution in [-0.4, -0.2) is 23.2 Å². The smallest absolute Gasteiger partial charge is 0.392 e. The van der Waals surface area contributed by atoms with Crippen molar-refractivity contribution in [2.24, 2.45) is 5.92 Å². The third-order valence-corrected chi connectivity index (χ3v) is 6.75. The first kappa shape index (κ1) is 24.4. The first-order chi connectivity index (χ1) is 14.9. The van der Waals surface area contributed by atoms with Gasteiger partial charge >= 0.3 is 12.1 Å². The SMILES string of the molecule is C[C@H](C(C(=O)Nc1cc(C2(CC(=O)O)CCC2)ccc1Cl)c1ccc(Cl)cc1)C(F)(F)F. The molecule has 1 unspecified atom stereocenters. The van der Waals surface area contributed by atoms with E-state index in [1.54, 1.807) is 12.1 Å². The third-order valence-electron chi connectivity index (χ3n) is 6.16.